The average Bonchev–Trinajstić information content (AvgIpc) is 3.08. The van der Waals surface area contributed by atoms with Gasteiger partial charge in [-0.2, -0.15) is 0 Å². The molecule has 3 amide bonds. The monoisotopic (exact) mass is 452 g/mol. The Kier molecular flexibility index (Phi) is 8.83. The SMILES string of the molecule is COc1ccc(CCC(=O)N2CCCN(CCC(=O)Nc3ccc(C(N)=O)cc3)CC2)cc1. The summed E-state index contributed by atoms with van der Waals surface area (Å²) >= 11 is 0. The Balaban J connectivity index is 1.38. The summed E-state index contributed by atoms with van der Waals surface area (Å²) in [6.07, 6.45) is 2.46. The summed E-state index contributed by atoms with van der Waals surface area (Å²) in [4.78, 5) is 40.3. The van der Waals surface area contributed by atoms with Gasteiger partial charge in [0.2, 0.25) is 17.7 Å². The first-order chi connectivity index (χ1) is 15.9. The highest BCUT2D eigenvalue weighted by molar-refractivity contribution is 5.94. The van der Waals surface area contributed by atoms with Crippen molar-refractivity contribution in [2.45, 2.75) is 25.7 Å². The lowest BCUT2D eigenvalue weighted by Gasteiger charge is -2.22. The summed E-state index contributed by atoms with van der Waals surface area (Å²) in [7, 11) is 1.64. The van der Waals surface area contributed by atoms with Gasteiger partial charge in [0, 0.05) is 50.3 Å². The smallest absolute Gasteiger partial charge is 0.248 e. The van der Waals surface area contributed by atoms with E-state index in [1.165, 1.54) is 0 Å². The van der Waals surface area contributed by atoms with E-state index in [-0.39, 0.29) is 11.8 Å². The van der Waals surface area contributed by atoms with Crippen LogP contribution in [0.2, 0.25) is 0 Å². The molecule has 1 heterocycles. The number of benzene rings is 2. The minimum Gasteiger partial charge on any atom is -0.497 e. The number of carbonyl (C=O) groups is 3. The second-order valence-corrected chi connectivity index (χ2v) is 8.16. The van der Waals surface area contributed by atoms with Crippen LogP contribution < -0.4 is 15.8 Å². The van der Waals surface area contributed by atoms with E-state index in [9.17, 15) is 14.4 Å². The van der Waals surface area contributed by atoms with Crippen molar-refractivity contribution in [3.8, 4) is 5.75 Å². The lowest BCUT2D eigenvalue weighted by molar-refractivity contribution is -0.131. The third-order valence-electron chi connectivity index (χ3n) is 5.84. The first-order valence-corrected chi connectivity index (χ1v) is 11.3. The van der Waals surface area contributed by atoms with Crippen molar-refractivity contribution in [1.29, 1.82) is 0 Å². The largest absolute Gasteiger partial charge is 0.497 e. The second kappa shape index (κ2) is 12.0. The average molecular weight is 453 g/mol. The maximum Gasteiger partial charge on any atom is 0.248 e. The van der Waals surface area contributed by atoms with Crippen LogP contribution in [0, 0.1) is 0 Å². The van der Waals surface area contributed by atoms with E-state index < -0.39 is 5.91 Å². The van der Waals surface area contributed by atoms with Crippen molar-refractivity contribution >= 4 is 23.4 Å². The van der Waals surface area contributed by atoms with Gasteiger partial charge < -0.3 is 25.6 Å². The van der Waals surface area contributed by atoms with Crippen LogP contribution in [-0.4, -0.2) is 67.4 Å². The zero-order valence-corrected chi connectivity index (χ0v) is 19.1. The van der Waals surface area contributed by atoms with Gasteiger partial charge in [-0.1, -0.05) is 12.1 Å². The number of methoxy groups -OCH3 is 1. The highest BCUT2D eigenvalue weighted by Crippen LogP contribution is 2.14. The third kappa shape index (κ3) is 7.61. The fourth-order valence-electron chi connectivity index (χ4n) is 3.85. The van der Waals surface area contributed by atoms with E-state index >= 15 is 0 Å². The molecule has 1 fully saturated rings. The summed E-state index contributed by atoms with van der Waals surface area (Å²) < 4.78 is 5.17. The highest BCUT2D eigenvalue weighted by Gasteiger charge is 2.19. The highest BCUT2D eigenvalue weighted by atomic mass is 16.5. The number of anilines is 1. The van der Waals surface area contributed by atoms with Crippen LogP contribution in [0.1, 0.15) is 35.2 Å². The van der Waals surface area contributed by atoms with Crippen LogP contribution >= 0.6 is 0 Å². The van der Waals surface area contributed by atoms with Crippen LogP contribution in [-0.2, 0) is 16.0 Å². The van der Waals surface area contributed by atoms with Gasteiger partial charge in [0.1, 0.15) is 5.75 Å². The van der Waals surface area contributed by atoms with Crippen LogP contribution in [0.3, 0.4) is 0 Å². The van der Waals surface area contributed by atoms with Crippen LogP contribution in [0.15, 0.2) is 48.5 Å². The predicted molar refractivity (Wildman–Crippen MR) is 127 cm³/mol. The Labute approximate surface area is 194 Å². The normalized spacial score (nSPS) is 14.4. The molecular formula is C25H32N4O4. The minimum absolute atomic E-state index is 0.0847. The van der Waals surface area contributed by atoms with E-state index in [0.29, 0.717) is 43.6 Å². The second-order valence-electron chi connectivity index (χ2n) is 8.16. The van der Waals surface area contributed by atoms with Gasteiger partial charge in [0.05, 0.1) is 7.11 Å². The summed E-state index contributed by atoms with van der Waals surface area (Å²) in [5, 5.41) is 2.84. The molecule has 2 aromatic rings. The maximum atomic E-state index is 12.7. The molecule has 0 atom stereocenters. The molecule has 0 bridgehead atoms. The Morgan fingerprint density at radius 3 is 2.33 bits per heavy atom. The number of ether oxygens (including phenoxy) is 1. The van der Waals surface area contributed by atoms with Gasteiger partial charge in [-0.3, -0.25) is 14.4 Å². The summed E-state index contributed by atoms with van der Waals surface area (Å²) in [6.45, 7) is 3.69. The van der Waals surface area contributed by atoms with Gasteiger partial charge >= 0.3 is 0 Å². The minimum atomic E-state index is -0.498. The Hall–Kier alpha value is -3.39. The Morgan fingerprint density at radius 2 is 1.67 bits per heavy atom. The van der Waals surface area contributed by atoms with Crippen LogP contribution in [0.4, 0.5) is 5.69 Å². The molecular weight excluding hydrogens is 420 g/mol. The first kappa shape index (κ1) is 24.3. The van der Waals surface area contributed by atoms with Crippen molar-refractivity contribution in [1.82, 2.24) is 9.80 Å². The third-order valence-corrected chi connectivity index (χ3v) is 5.84. The zero-order chi connectivity index (χ0) is 23.6. The molecule has 0 spiro atoms. The molecule has 1 aliphatic heterocycles. The van der Waals surface area contributed by atoms with Gasteiger partial charge in [-0.15, -0.1) is 0 Å². The number of primary amides is 1. The molecule has 3 N–H and O–H groups in total. The van der Waals surface area contributed by atoms with E-state index in [1.807, 2.05) is 29.2 Å². The number of aryl methyl sites for hydroxylation is 1. The Morgan fingerprint density at radius 1 is 0.939 bits per heavy atom. The van der Waals surface area contributed by atoms with Crippen molar-refractivity contribution in [2.24, 2.45) is 5.73 Å². The standard InChI is InChI=1S/C25H32N4O4/c1-33-22-10-3-19(4-11-22)5-12-24(31)29-15-2-14-28(17-18-29)16-13-23(30)27-21-8-6-20(7-9-21)25(26)32/h3-4,6-11H,2,5,12-18H2,1H3,(H2,26,32)(H,27,30). The van der Waals surface area contributed by atoms with Gasteiger partial charge in [0.25, 0.3) is 0 Å². The molecule has 1 aliphatic rings. The summed E-state index contributed by atoms with van der Waals surface area (Å²) in [6, 6.07) is 14.3. The van der Waals surface area contributed by atoms with Crippen molar-refractivity contribution < 1.29 is 19.1 Å². The lowest BCUT2D eigenvalue weighted by Crippen LogP contribution is -2.36. The molecule has 3 rings (SSSR count). The number of rotatable bonds is 9. The zero-order valence-electron chi connectivity index (χ0n) is 19.1. The molecule has 8 nitrogen and oxygen atoms in total. The van der Waals surface area contributed by atoms with Gasteiger partial charge in [0.15, 0.2) is 0 Å². The first-order valence-electron chi connectivity index (χ1n) is 11.3. The number of nitrogens with two attached hydrogens (primary N) is 1. The van der Waals surface area contributed by atoms with Crippen LogP contribution in [0.25, 0.3) is 0 Å². The van der Waals surface area contributed by atoms with E-state index in [2.05, 4.69) is 10.2 Å². The summed E-state index contributed by atoms with van der Waals surface area (Å²) in [5.41, 5.74) is 7.39. The van der Waals surface area contributed by atoms with Crippen molar-refractivity contribution in [2.75, 3.05) is 45.2 Å². The molecule has 0 unspecified atom stereocenters. The maximum absolute atomic E-state index is 12.7. The number of nitrogens with one attached hydrogen (secondary N) is 1. The van der Waals surface area contributed by atoms with Gasteiger partial charge in [-0.05, 0) is 61.3 Å². The molecule has 0 radical (unpaired) electrons. The molecule has 0 saturated carbocycles. The van der Waals surface area contributed by atoms with E-state index in [1.54, 1.807) is 31.4 Å². The van der Waals surface area contributed by atoms with Crippen molar-refractivity contribution in [3.63, 3.8) is 0 Å². The Bertz CT molecular complexity index is 944. The molecule has 176 valence electrons. The van der Waals surface area contributed by atoms with Crippen molar-refractivity contribution in [3.05, 3.63) is 59.7 Å². The molecule has 33 heavy (non-hydrogen) atoms. The fourth-order valence-corrected chi connectivity index (χ4v) is 3.85. The molecule has 8 heteroatoms. The molecule has 0 aromatic heterocycles. The predicted octanol–water partition coefficient (Wildman–Crippen LogP) is 2.29. The quantitative estimate of drug-likeness (QED) is 0.607. The molecule has 2 aromatic carbocycles. The fraction of sp³-hybridized carbons (Fsp3) is 0.400. The number of amides is 3. The van der Waals surface area contributed by atoms with E-state index in [0.717, 1.165) is 37.4 Å². The van der Waals surface area contributed by atoms with Gasteiger partial charge in [-0.25, -0.2) is 0 Å². The number of nitrogens with zero attached hydrogens (tertiary/aromatic N) is 2. The number of hydrogen-bond acceptors (Lipinski definition) is 5. The number of hydrogen-bond donors (Lipinski definition) is 2. The summed E-state index contributed by atoms with van der Waals surface area (Å²) in [5.74, 6) is 0.401. The number of carbonyl (C=O) groups excluding carboxylic acids is 3. The topological polar surface area (TPSA) is 105 Å². The van der Waals surface area contributed by atoms with Crippen LogP contribution in [0.5, 0.6) is 5.75 Å². The molecule has 1 saturated heterocycles. The lowest BCUT2D eigenvalue weighted by atomic mass is 10.1. The molecule has 0 aliphatic carbocycles. The van der Waals surface area contributed by atoms with E-state index in [4.69, 9.17) is 10.5 Å².